The van der Waals surface area contributed by atoms with Gasteiger partial charge in [0.25, 0.3) is 0 Å². The average Bonchev–Trinajstić information content (AvgIpc) is 3.15. The van der Waals surface area contributed by atoms with Gasteiger partial charge in [0.1, 0.15) is 5.01 Å². The smallest absolute Gasteiger partial charge is 0.122 e. The molecule has 3 nitrogen and oxygen atoms in total. The van der Waals surface area contributed by atoms with Crippen LogP contribution in [0.3, 0.4) is 0 Å². The molecule has 2 aliphatic heterocycles. The molecule has 1 aromatic heterocycles. The van der Waals surface area contributed by atoms with Crippen LogP contribution in [0.25, 0.3) is 5.57 Å². The van der Waals surface area contributed by atoms with E-state index >= 15 is 0 Å². The maximum atomic E-state index is 4.52. The molecule has 0 amide bonds. The van der Waals surface area contributed by atoms with Crippen molar-refractivity contribution in [3.8, 4) is 0 Å². The lowest BCUT2D eigenvalue weighted by atomic mass is 10.1. The first kappa shape index (κ1) is 12.0. The molecule has 1 saturated heterocycles. The van der Waals surface area contributed by atoms with Gasteiger partial charge >= 0.3 is 0 Å². The van der Waals surface area contributed by atoms with E-state index in [1.54, 1.807) is 11.3 Å². The van der Waals surface area contributed by atoms with Gasteiger partial charge in [-0.3, -0.25) is 10.0 Å². The average molecular weight is 283 g/mol. The van der Waals surface area contributed by atoms with Crippen LogP contribution in [-0.2, 0) is 0 Å². The quantitative estimate of drug-likeness (QED) is 0.836. The van der Waals surface area contributed by atoms with Crippen molar-refractivity contribution in [1.82, 2.24) is 9.99 Å². The minimum atomic E-state index is 0.951. The summed E-state index contributed by atoms with van der Waals surface area (Å²) in [5.74, 6) is 0. The number of thiazole rings is 1. The molecule has 2 aromatic rings. The van der Waals surface area contributed by atoms with E-state index in [2.05, 4.69) is 50.7 Å². The fourth-order valence-electron chi connectivity index (χ4n) is 3.11. The highest BCUT2D eigenvalue weighted by Gasteiger charge is 2.33. The number of hydrogen-bond acceptors (Lipinski definition) is 4. The molecule has 0 unspecified atom stereocenters. The predicted molar refractivity (Wildman–Crippen MR) is 83.4 cm³/mol. The Bertz CT molecular complexity index is 618. The van der Waals surface area contributed by atoms with Gasteiger partial charge in [0.15, 0.2) is 0 Å². The first-order valence-corrected chi connectivity index (χ1v) is 8.03. The summed E-state index contributed by atoms with van der Waals surface area (Å²) in [7, 11) is 0. The largest absolute Gasteiger partial charge is 0.289 e. The monoisotopic (exact) mass is 283 g/mol. The zero-order valence-corrected chi connectivity index (χ0v) is 12.1. The zero-order chi connectivity index (χ0) is 13.4. The van der Waals surface area contributed by atoms with Crippen LogP contribution in [-0.4, -0.2) is 23.1 Å². The SMILES string of the molecule is c1ccc(N2CC(c3nccs3)=C3CCCCN32)cc1. The maximum Gasteiger partial charge on any atom is 0.122 e. The highest BCUT2D eigenvalue weighted by molar-refractivity contribution is 7.10. The van der Waals surface area contributed by atoms with Crippen LogP contribution in [0, 0.1) is 0 Å². The summed E-state index contributed by atoms with van der Waals surface area (Å²) in [6.45, 7) is 2.08. The van der Waals surface area contributed by atoms with E-state index in [0.29, 0.717) is 0 Å². The van der Waals surface area contributed by atoms with Gasteiger partial charge in [0, 0.05) is 29.4 Å². The Morgan fingerprint density at radius 2 is 1.95 bits per heavy atom. The number of anilines is 1. The predicted octanol–water partition coefficient (Wildman–Crippen LogP) is 3.78. The standard InChI is InChI=1S/C16H17N3S/c1-2-6-13(7-3-1)19-12-14(16-17-9-11-20-16)15-8-4-5-10-18(15)19/h1-3,6-7,9,11H,4-5,8,10,12H2. The highest BCUT2D eigenvalue weighted by Crippen LogP contribution is 2.39. The number of aromatic nitrogens is 1. The lowest BCUT2D eigenvalue weighted by Crippen LogP contribution is -2.39. The lowest BCUT2D eigenvalue weighted by molar-refractivity contribution is 0.294. The van der Waals surface area contributed by atoms with Crippen molar-refractivity contribution in [3.05, 3.63) is 52.6 Å². The van der Waals surface area contributed by atoms with Crippen LogP contribution in [0.15, 0.2) is 47.6 Å². The maximum absolute atomic E-state index is 4.52. The summed E-state index contributed by atoms with van der Waals surface area (Å²) >= 11 is 1.75. The lowest BCUT2D eigenvalue weighted by Gasteiger charge is -2.36. The van der Waals surface area contributed by atoms with E-state index in [-0.39, 0.29) is 0 Å². The molecule has 102 valence electrons. The first-order chi connectivity index (χ1) is 9.93. The van der Waals surface area contributed by atoms with Crippen LogP contribution < -0.4 is 5.01 Å². The van der Waals surface area contributed by atoms with E-state index in [1.165, 1.54) is 41.2 Å². The number of allylic oxidation sites excluding steroid dienone is 1. The van der Waals surface area contributed by atoms with Gasteiger partial charge in [0.05, 0.1) is 12.2 Å². The summed E-state index contributed by atoms with van der Waals surface area (Å²) in [5, 5.41) is 8.13. The molecule has 0 aliphatic carbocycles. The van der Waals surface area contributed by atoms with Crippen molar-refractivity contribution in [2.24, 2.45) is 0 Å². The number of rotatable bonds is 2. The Balaban J connectivity index is 1.73. The van der Waals surface area contributed by atoms with Crippen molar-refractivity contribution in [3.63, 3.8) is 0 Å². The normalized spacial score (nSPS) is 18.6. The molecular weight excluding hydrogens is 266 g/mol. The fraction of sp³-hybridized carbons (Fsp3) is 0.312. The Kier molecular flexibility index (Phi) is 2.96. The third-order valence-corrected chi connectivity index (χ3v) is 4.87. The molecule has 0 N–H and O–H groups in total. The fourth-order valence-corrected chi connectivity index (χ4v) is 3.81. The molecule has 0 spiro atoms. The van der Waals surface area contributed by atoms with Crippen LogP contribution >= 0.6 is 11.3 Å². The molecule has 3 heterocycles. The molecular formula is C16H17N3S. The van der Waals surface area contributed by atoms with Gasteiger partial charge in [-0.1, -0.05) is 18.2 Å². The minimum absolute atomic E-state index is 0.951. The van der Waals surface area contributed by atoms with E-state index < -0.39 is 0 Å². The number of para-hydroxylation sites is 1. The van der Waals surface area contributed by atoms with Crippen LogP contribution in [0.1, 0.15) is 24.3 Å². The molecule has 20 heavy (non-hydrogen) atoms. The van der Waals surface area contributed by atoms with Gasteiger partial charge < -0.3 is 0 Å². The molecule has 1 fully saturated rings. The third-order valence-electron chi connectivity index (χ3n) is 4.04. The molecule has 4 rings (SSSR count). The molecule has 0 bridgehead atoms. The van der Waals surface area contributed by atoms with Gasteiger partial charge in [-0.2, -0.15) is 0 Å². The Hall–Kier alpha value is -1.81. The molecule has 2 aliphatic rings. The topological polar surface area (TPSA) is 19.4 Å². The van der Waals surface area contributed by atoms with Crippen molar-refractivity contribution in [2.45, 2.75) is 19.3 Å². The summed E-state index contributed by atoms with van der Waals surface area (Å²) in [4.78, 5) is 4.52. The van der Waals surface area contributed by atoms with Gasteiger partial charge in [-0.05, 0) is 31.4 Å². The Morgan fingerprint density at radius 3 is 2.75 bits per heavy atom. The molecule has 1 aromatic carbocycles. The van der Waals surface area contributed by atoms with Crippen molar-refractivity contribution in [2.75, 3.05) is 18.1 Å². The second-order valence-corrected chi connectivity index (χ2v) is 6.13. The minimum Gasteiger partial charge on any atom is -0.289 e. The summed E-state index contributed by atoms with van der Waals surface area (Å²) in [6.07, 6.45) is 5.66. The number of fused-ring (bicyclic) bond motifs is 1. The van der Waals surface area contributed by atoms with Gasteiger partial charge in [-0.15, -0.1) is 11.3 Å². The zero-order valence-electron chi connectivity index (χ0n) is 11.3. The van der Waals surface area contributed by atoms with E-state index in [9.17, 15) is 0 Å². The van der Waals surface area contributed by atoms with Crippen molar-refractivity contribution in [1.29, 1.82) is 0 Å². The number of nitrogens with zero attached hydrogens (tertiary/aromatic N) is 3. The molecule has 0 saturated carbocycles. The van der Waals surface area contributed by atoms with Gasteiger partial charge in [0.2, 0.25) is 0 Å². The number of hydrogen-bond donors (Lipinski definition) is 0. The van der Waals surface area contributed by atoms with Crippen LogP contribution in [0.5, 0.6) is 0 Å². The summed E-state index contributed by atoms with van der Waals surface area (Å²) in [5.41, 5.74) is 4.18. The second kappa shape index (κ2) is 4.94. The van der Waals surface area contributed by atoms with E-state index in [1.807, 2.05) is 6.20 Å². The third kappa shape index (κ3) is 1.91. The molecule has 4 heteroatoms. The second-order valence-electron chi connectivity index (χ2n) is 5.24. The van der Waals surface area contributed by atoms with Crippen molar-refractivity contribution < 1.29 is 0 Å². The highest BCUT2D eigenvalue weighted by atomic mass is 32.1. The Morgan fingerprint density at radius 1 is 1.05 bits per heavy atom. The number of benzene rings is 1. The van der Waals surface area contributed by atoms with Crippen LogP contribution in [0.4, 0.5) is 5.69 Å². The number of piperidine rings is 1. The van der Waals surface area contributed by atoms with Crippen molar-refractivity contribution >= 4 is 22.6 Å². The first-order valence-electron chi connectivity index (χ1n) is 7.15. The number of hydrazine groups is 1. The Labute approximate surface area is 123 Å². The van der Waals surface area contributed by atoms with E-state index in [4.69, 9.17) is 0 Å². The van der Waals surface area contributed by atoms with E-state index in [0.717, 1.165) is 13.1 Å². The molecule has 0 atom stereocenters. The summed E-state index contributed by atoms with van der Waals surface area (Å²) < 4.78 is 0. The van der Waals surface area contributed by atoms with Crippen LogP contribution in [0.2, 0.25) is 0 Å². The van der Waals surface area contributed by atoms with Gasteiger partial charge in [-0.25, -0.2) is 4.98 Å². The molecule has 0 radical (unpaired) electrons. The summed E-state index contributed by atoms with van der Waals surface area (Å²) in [6, 6.07) is 10.7.